The predicted molar refractivity (Wildman–Crippen MR) is 106 cm³/mol. The summed E-state index contributed by atoms with van der Waals surface area (Å²) >= 11 is 0. The maximum absolute atomic E-state index is 12.3. The van der Waals surface area contributed by atoms with Crippen LogP contribution < -0.4 is 15.0 Å². The van der Waals surface area contributed by atoms with Gasteiger partial charge < -0.3 is 19.9 Å². The molecule has 0 aliphatic carbocycles. The molecular weight excluding hydrogens is 358 g/mol. The molecule has 0 saturated carbocycles. The third-order valence-electron chi connectivity index (χ3n) is 5.15. The van der Waals surface area contributed by atoms with Crippen molar-refractivity contribution in [1.82, 2.24) is 10.2 Å². The van der Waals surface area contributed by atoms with Gasteiger partial charge in [0, 0.05) is 38.3 Å². The number of nitrogens with one attached hydrogen (secondary N) is 1. The van der Waals surface area contributed by atoms with Crippen LogP contribution in [-0.4, -0.2) is 55.4 Å². The summed E-state index contributed by atoms with van der Waals surface area (Å²) in [7, 11) is 0. The molecule has 0 spiro atoms. The monoisotopic (exact) mass is 387 g/mol. The van der Waals surface area contributed by atoms with Crippen molar-refractivity contribution in [3.63, 3.8) is 0 Å². The van der Waals surface area contributed by atoms with Crippen molar-refractivity contribution >= 4 is 23.4 Å². The van der Waals surface area contributed by atoms with Gasteiger partial charge in [0.25, 0.3) is 5.91 Å². The Hall–Kier alpha value is -2.57. The number of hydrogen-bond acceptors (Lipinski definition) is 4. The first-order chi connectivity index (χ1) is 13.4. The Labute approximate surface area is 166 Å². The number of benzene rings is 1. The molecule has 3 amide bonds. The Balaban J connectivity index is 1.52. The maximum atomic E-state index is 12.3. The van der Waals surface area contributed by atoms with E-state index in [0.29, 0.717) is 24.8 Å². The van der Waals surface area contributed by atoms with Crippen LogP contribution in [0, 0.1) is 11.8 Å². The van der Waals surface area contributed by atoms with Crippen molar-refractivity contribution in [2.75, 3.05) is 37.7 Å². The van der Waals surface area contributed by atoms with Crippen LogP contribution in [0.2, 0.25) is 0 Å². The average Bonchev–Trinajstić information content (AvgIpc) is 3.34. The minimum atomic E-state index is -0.319. The first-order valence-electron chi connectivity index (χ1n) is 10.0. The molecule has 2 aliphatic rings. The van der Waals surface area contributed by atoms with Gasteiger partial charge in [-0.1, -0.05) is 13.8 Å². The standard InChI is InChI=1S/C21H29N3O4/c1-15(2)12-22-21(27)16-11-19(25)24(13-16)17-5-7-18(8-6-17)28-14-20(26)23-9-3-4-10-23/h5-8,15-16H,3-4,9-14H2,1-2H3,(H,22,27)/t16-/m1/s1. The minimum absolute atomic E-state index is 0.00606. The summed E-state index contributed by atoms with van der Waals surface area (Å²) in [5.74, 6) is 0.538. The summed E-state index contributed by atoms with van der Waals surface area (Å²) in [6.45, 7) is 6.72. The van der Waals surface area contributed by atoms with Crippen LogP contribution in [0.3, 0.4) is 0 Å². The molecule has 1 N–H and O–H groups in total. The van der Waals surface area contributed by atoms with E-state index in [0.717, 1.165) is 31.6 Å². The number of ether oxygens (including phenoxy) is 1. The summed E-state index contributed by atoms with van der Waals surface area (Å²) in [6, 6.07) is 7.10. The zero-order chi connectivity index (χ0) is 20.1. The largest absolute Gasteiger partial charge is 0.484 e. The lowest BCUT2D eigenvalue weighted by Gasteiger charge is -2.18. The molecule has 2 saturated heterocycles. The molecule has 3 rings (SSSR count). The van der Waals surface area contributed by atoms with Gasteiger partial charge >= 0.3 is 0 Å². The molecule has 0 radical (unpaired) electrons. The Bertz CT molecular complexity index is 711. The second-order valence-corrected chi connectivity index (χ2v) is 7.91. The molecule has 1 aromatic carbocycles. The Morgan fingerprint density at radius 3 is 2.50 bits per heavy atom. The van der Waals surface area contributed by atoms with E-state index >= 15 is 0 Å². The van der Waals surface area contributed by atoms with Crippen LogP contribution in [0.5, 0.6) is 5.75 Å². The highest BCUT2D eigenvalue weighted by Gasteiger charge is 2.35. The van der Waals surface area contributed by atoms with E-state index in [1.54, 1.807) is 29.2 Å². The van der Waals surface area contributed by atoms with E-state index in [-0.39, 0.29) is 36.7 Å². The Morgan fingerprint density at radius 1 is 1.18 bits per heavy atom. The number of nitrogens with zero attached hydrogens (tertiary/aromatic N) is 2. The summed E-state index contributed by atoms with van der Waals surface area (Å²) in [6.07, 6.45) is 2.34. The zero-order valence-electron chi connectivity index (χ0n) is 16.6. The van der Waals surface area contributed by atoms with Crippen molar-refractivity contribution in [2.24, 2.45) is 11.8 Å². The van der Waals surface area contributed by atoms with Crippen LogP contribution in [0.15, 0.2) is 24.3 Å². The normalized spacial score (nSPS) is 19.4. The van der Waals surface area contributed by atoms with Crippen molar-refractivity contribution < 1.29 is 19.1 Å². The average molecular weight is 387 g/mol. The quantitative estimate of drug-likeness (QED) is 0.774. The highest BCUT2D eigenvalue weighted by atomic mass is 16.5. The number of amides is 3. The molecule has 2 aliphatic heterocycles. The van der Waals surface area contributed by atoms with Crippen molar-refractivity contribution in [3.05, 3.63) is 24.3 Å². The van der Waals surface area contributed by atoms with Gasteiger partial charge in [-0.25, -0.2) is 0 Å². The lowest BCUT2D eigenvalue weighted by atomic mass is 10.1. The van der Waals surface area contributed by atoms with E-state index < -0.39 is 0 Å². The molecule has 1 aromatic rings. The fraction of sp³-hybridized carbons (Fsp3) is 0.571. The summed E-state index contributed by atoms with van der Waals surface area (Å²) in [4.78, 5) is 40.1. The molecule has 0 unspecified atom stereocenters. The fourth-order valence-electron chi connectivity index (χ4n) is 3.51. The number of hydrogen-bond donors (Lipinski definition) is 1. The maximum Gasteiger partial charge on any atom is 0.260 e. The molecular formula is C21H29N3O4. The summed E-state index contributed by atoms with van der Waals surface area (Å²) in [5, 5.41) is 2.90. The Kier molecular flexibility index (Phi) is 6.54. The zero-order valence-corrected chi connectivity index (χ0v) is 16.6. The number of carbonyl (C=O) groups is 3. The third kappa shape index (κ3) is 5.03. The molecule has 2 fully saturated rings. The van der Waals surface area contributed by atoms with Crippen LogP contribution >= 0.6 is 0 Å². The first-order valence-corrected chi connectivity index (χ1v) is 10.0. The van der Waals surface area contributed by atoms with Crippen molar-refractivity contribution in [2.45, 2.75) is 33.1 Å². The Morgan fingerprint density at radius 2 is 1.86 bits per heavy atom. The highest BCUT2D eigenvalue weighted by molar-refractivity contribution is 6.00. The van der Waals surface area contributed by atoms with Gasteiger partial charge in [-0.2, -0.15) is 0 Å². The molecule has 2 heterocycles. The van der Waals surface area contributed by atoms with Gasteiger partial charge in [0.1, 0.15) is 5.75 Å². The van der Waals surface area contributed by atoms with Crippen LogP contribution in [0.1, 0.15) is 33.1 Å². The van der Waals surface area contributed by atoms with E-state index in [2.05, 4.69) is 5.32 Å². The highest BCUT2D eigenvalue weighted by Crippen LogP contribution is 2.27. The first kappa shape index (κ1) is 20.2. The molecule has 28 heavy (non-hydrogen) atoms. The lowest BCUT2D eigenvalue weighted by molar-refractivity contribution is -0.132. The fourth-order valence-corrected chi connectivity index (χ4v) is 3.51. The van der Waals surface area contributed by atoms with Crippen LogP contribution in [0.25, 0.3) is 0 Å². The van der Waals surface area contributed by atoms with E-state index in [1.807, 2.05) is 18.7 Å². The van der Waals surface area contributed by atoms with Crippen LogP contribution in [-0.2, 0) is 14.4 Å². The van der Waals surface area contributed by atoms with Gasteiger partial charge in [-0.3, -0.25) is 14.4 Å². The van der Waals surface area contributed by atoms with Gasteiger partial charge in [-0.15, -0.1) is 0 Å². The number of carbonyl (C=O) groups excluding carboxylic acids is 3. The van der Waals surface area contributed by atoms with Gasteiger partial charge in [0.15, 0.2) is 6.61 Å². The lowest BCUT2D eigenvalue weighted by Crippen LogP contribution is -2.35. The molecule has 152 valence electrons. The molecule has 7 nitrogen and oxygen atoms in total. The van der Waals surface area contributed by atoms with E-state index in [4.69, 9.17) is 4.74 Å². The number of anilines is 1. The number of likely N-dealkylation sites (tertiary alicyclic amines) is 1. The van der Waals surface area contributed by atoms with Crippen molar-refractivity contribution in [1.29, 1.82) is 0 Å². The third-order valence-corrected chi connectivity index (χ3v) is 5.15. The van der Waals surface area contributed by atoms with Gasteiger partial charge in [0.2, 0.25) is 11.8 Å². The second kappa shape index (κ2) is 9.08. The SMILES string of the molecule is CC(C)CNC(=O)[C@@H]1CC(=O)N(c2ccc(OCC(=O)N3CCCC3)cc2)C1. The predicted octanol–water partition coefficient (Wildman–Crippen LogP) is 1.81. The van der Waals surface area contributed by atoms with Gasteiger partial charge in [0.05, 0.1) is 5.92 Å². The summed E-state index contributed by atoms with van der Waals surface area (Å²) in [5.41, 5.74) is 0.738. The van der Waals surface area contributed by atoms with E-state index in [1.165, 1.54) is 0 Å². The molecule has 1 atom stereocenters. The molecule has 0 bridgehead atoms. The second-order valence-electron chi connectivity index (χ2n) is 7.91. The molecule has 0 aromatic heterocycles. The van der Waals surface area contributed by atoms with Crippen LogP contribution in [0.4, 0.5) is 5.69 Å². The van der Waals surface area contributed by atoms with Gasteiger partial charge in [-0.05, 0) is 43.0 Å². The molecule has 7 heteroatoms. The topological polar surface area (TPSA) is 79.0 Å². The number of rotatable bonds is 7. The smallest absolute Gasteiger partial charge is 0.260 e. The van der Waals surface area contributed by atoms with Crippen molar-refractivity contribution in [3.8, 4) is 5.75 Å². The minimum Gasteiger partial charge on any atom is -0.484 e. The summed E-state index contributed by atoms with van der Waals surface area (Å²) < 4.78 is 5.58. The van der Waals surface area contributed by atoms with E-state index in [9.17, 15) is 14.4 Å².